The predicted molar refractivity (Wildman–Crippen MR) is 120 cm³/mol. The topological polar surface area (TPSA) is 59.3 Å². The predicted octanol–water partition coefficient (Wildman–Crippen LogP) is 6.03. The number of carbonyl (C=O) groups excluding carboxylic acids is 1. The maximum Gasteiger partial charge on any atom is 0.170 e. The van der Waals surface area contributed by atoms with Gasteiger partial charge in [-0.3, -0.25) is 4.79 Å². The van der Waals surface area contributed by atoms with E-state index in [2.05, 4.69) is 18.2 Å². The second-order valence-electron chi connectivity index (χ2n) is 7.45. The van der Waals surface area contributed by atoms with Gasteiger partial charge in [0.05, 0.1) is 23.8 Å². The third kappa shape index (κ3) is 4.08. The molecule has 4 heteroatoms. The zero-order chi connectivity index (χ0) is 21.8. The molecule has 0 saturated carbocycles. The molecule has 154 valence electrons. The standard InChI is InChI=1S/C27H23NO3/c1-3-6-20-7-4-5-8-22(20)27(21-11-9-19(17-28)10-12-21)31-25-14-13-23-24(29)15-16-30-26(23)18(25)2/h3-14,27H,15-16H2,1-2H3/b6-3+. The van der Waals surface area contributed by atoms with Gasteiger partial charge in [-0.05, 0) is 49.2 Å². The molecule has 0 fully saturated rings. The lowest BCUT2D eigenvalue weighted by atomic mass is 9.95. The SMILES string of the molecule is C/C=C/c1ccccc1C(Oc1ccc2c(c1C)OCCC2=O)c1ccc(C#N)cc1. The van der Waals surface area contributed by atoms with Crippen LogP contribution in [0.2, 0.25) is 0 Å². The van der Waals surface area contributed by atoms with Crippen LogP contribution in [0, 0.1) is 18.3 Å². The molecule has 0 aliphatic carbocycles. The number of Topliss-reactive ketones (excluding diaryl/α,β-unsaturated/α-hetero) is 1. The Kier molecular flexibility index (Phi) is 5.86. The number of benzene rings is 3. The summed E-state index contributed by atoms with van der Waals surface area (Å²) in [6, 6.07) is 21.3. The van der Waals surface area contributed by atoms with Crippen LogP contribution in [0.1, 0.15) is 57.6 Å². The maximum atomic E-state index is 12.2. The summed E-state index contributed by atoms with van der Waals surface area (Å²) in [6.07, 6.45) is 4.06. The lowest BCUT2D eigenvalue weighted by molar-refractivity contribution is 0.0932. The first kappa shape index (κ1) is 20.4. The van der Waals surface area contributed by atoms with Crippen molar-refractivity contribution in [2.75, 3.05) is 6.61 Å². The number of fused-ring (bicyclic) bond motifs is 1. The van der Waals surface area contributed by atoms with Crippen LogP contribution in [0.15, 0.2) is 66.7 Å². The molecule has 1 atom stereocenters. The van der Waals surface area contributed by atoms with Gasteiger partial charge in [0, 0.05) is 17.5 Å². The molecular weight excluding hydrogens is 386 g/mol. The Morgan fingerprint density at radius 3 is 2.61 bits per heavy atom. The Bertz CT molecular complexity index is 1190. The summed E-state index contributed by atoms with van der Waals surface area (Å²) < 4.78 is 12.4. The Hall–Kier alpha value is -3.84. The lowest BCUT2D eigenvalue weighted by Gasteiger charge is -2.25. The van der Waals surface area contributed by atoms with Crippen LogP contribution in [-0.4, -0.2) is 12.4 Å². The van der Waals surface area contributed by atoms with E-state index in [1.165, 1.54) is 0 Å². The molecule has 3 aromatic rings. The van der Waals surface area contributed by atoms with Gasteiger partial charge in [-0.25, -0.2) is 0 Å². The van der Waals surface area contributed by atoms with Crippen molar-refractivity contribution >= 4 is 11.9 Å². The molecule has 4 nitrogen and oxygen atoms in total. The highest BCUT2D eigenvalue weighted by Gasteiger charge is 2.25. The molecule has 0 bridgehead atoms. The minimum atomic E-state index is -0.392. The van der Waals surface area contributed by atoms with E-state index in [9.17, 15) is 10.1 Å². The third-order valence-electron chi connectivity index (χ3n) is 5.44. The van der Waals surface area contributed by atoms with Crippen molar-refractivity contribution in [2.24, 2.45) is 0 Å². The van der Waals surface area contributed by atoms with Crippen LogP contribution in [0.25, 0.3) is 6.08 Å². The van der Waals surface area contributed by atoms with E-state index in [0.717, 1.165) is 22.3 Å². The van der Waals surface area contributed by atoms with Crippen molar-refractivity contribution in [1.29, 1.82) is 5.26 Å². The lowest BCUT2D eigenvalue weighted by Crippen LogP contribution is -2.17. The number of carbonyl (C=O) groups is 1. The zero-order valence-electron chi connectivity index (χ0n) is 17.6. The van der Waals surface area contributed by atoms with Crippen LogP contribution < -0.4 is 9.47 Å². The number of hydrogen-bond acceptors (Lipinski definition) is 4. The van der Waals surface area contributed by atoms with Gasteiger partial charge in [-0.15, -0.1) is 0 Å². The average Bonchev–Trinajstić information content (AvgIpc) is 2.80. The molecule has 0 spiro atoms. The molecule has 1 aliphatic heterocycles. The molecule has 31 heavy (non-hydrogen) atoms. The fraction of sp³-hybridized carbons (Fsp3) is 0.185. The van der Waals surface area contributed by atoms with Crippen molar-refractivity contribution in [1.82, 2.24) is 0 Å². The highest BCUT2D eigenvalue weighted by Crippen LogP contribution is 2.38. The van der Waals surface area contributed by atoms with E-state index < -0.39 is 6.10 Å². The van der Waals surface area contributed by atoms with Crippen molar-refractivity contribution in [3.05, 3.63) is 100 Å². The second-order valence-corrected chi connectivity index (χ2v) is 7.45. The number of hydrogen-bond donors (Lipinski definition) is 0. The molecule has 0 aromatic heterocycles. The molecule has 1 heterocycles. The summed E-state index contributed by atoms with van der Waals surface area (Å²) in [7, 11) is 0. The first-order valence-electron chi connectivity index (χ1n) is 10.3. The molecule has 0 amide bonds. The van der Waals surface area contributed by atoms with E-state index in [1.807, 2.05) is 56.3 Å². The van der Waals surface area contributed by atoms with E-state index in [4.69, 9.17) is 9.47 Å². The van der Waals surface area contributed by atoms with Crippen molar-refractivity contribution in [3.63, 3.8) is 0 Å². The van der Waals surface area contributed by atoms with Crippen LogP contribution >= 0.6 is 0 Å². The van der Waals surface area contributed by atoms with Crippen LogP contribution in [0.3, 0.4) is 0 Å². The summed E-state index contributed by atoms with van der Waals surface area (Å²) in [5.41, 5.74) is 5.03. The molecule has 0 saturated heterocycles. The van der Waals surface area contributed by atoms with Gasteiger partial charge in [0.25, 0.3) is 0 Å². The van der Waals surface area contributed by atoms with Crippen LogP contribution in [0.4, 0.5) is 0 Å². The van der Waals surface area contributed by atoms with E-state index in [-0.39, 0.29) is 5.78 Å². The normalized spacial score (nSPS) is 13.9. The number of rotatable bonds is 5. The largest absolute Gasteiger partial charge is 0.492 e. The van der Waals surface area contributed by atoms with Crippen molar-refractivity contribution in [3.8, 4) is 17.6 Å². The van der Waals surface area contributed by atoms with Gasteiger partial charge in [-0.2, -0.15) is 5.26 Å². The number of ketones is 1. The molecular formula is C27H23NO3. The Morgan fingerprint density at radius 1 is 1.10 bits per heavy atom. The molecule has 1 unspecified atom stereocenters. The zero-order valence-corrected chi connectivity index (χ0v) is 17.6. The van der Waals surface area contributed by atoms with Gasteiger partial charge in [0.2, 0.25) is 0 Å². The average molecular weight is 409 g/mol. The van der Waals surface area contributed by atoms with Crippen LogP contribution in [-0.2, 0) is 0 Å². The number of allylic oxidation sites excluding steroid dienone is 1. The highest BCUT2D eigenvalue weighted by molar-refractivity contribution is 6.00. The van der Waals surface area contributed by atoms with E-state index >= 15 is 0 Å². The van der Waals surface area contributed by atoms with Gasteiger partial charge in [-0.1, -0.05) is 48.6 Å². The Labute approximate surface area is 182 Å². The maximum absolute atomic E-state index is 12.2. The summed E-state index contributed by atoms with van der Waals surface area (Å²) in [5, 5.41) is 9.17. The molecule has 0 N–H and O–H groups in total. The first-order valence-corrected chi connectivity index (χ1v) is 10.3. The summed E-state index contributed by atoms with van der Waals surface area (Å²) in [5.74, 6) is 1.37. The number of nitrogens with zero attached hydrogens (tertiary/aromatic N) is 1. The smallest absolute Gasteiger partial charge is 0.170 e. The second kappa shape index (κ2) is 8.89. The molecule has 1 aliphatic rings. The minimum Gasteiger partial charge on any atom is -0.492 e. The van der Waals surface area contributed by atoms with Gasteiger partial charge >= 0.3 is 0 Å². The molecule has 3 aromatic carbocycles. The van der Waals surface area contributed by atoms with Crippen LogP contribution in [0.5, 0.6) is 11.5 Å². The summed E-state index contributed by atoms with van der Waals surface area (Å²) >= 11 is 0. The third-order valence-corrected chi connectivity index (χ3v) is 5.44. The van der Waals surface area contributed by atoms with E-state index in [0.29, 0.717) is 35.7 Å². The fourth-order valence-corrected chi connectivity index (χ4v) is 3.84. The van der Waals surface area contributed by atoms with Gasteiger partial charge in [0.1, 0.15) is 17.6 Å². The summed E-state index contributed by atoms with van der Waals surface area (Å²) in [6.45, 7) is 4.29. The monoisotopic (exact) mass is 409 g/mol. The number of ether oxygens (including phenoxy) is 2. The first-order chi connectivity index (χ1) is 15.1. The van der Waals surface area contributed by atoms with Gasteiger partial charge in [0.15, 0.2) is 5.78 Å². The summed E-state index contributed by atoms with van der Waals surface area (Å²) in [4.78, 5) is 12.2. The van der Waals surface area contributed by atoms with E-state index in [1.54, 1.807) is 18.2 Å². The van der Waals surface area contributed by atoms with Crippen molar-refractivity contribution in [2.45, 2.75) is 26.4 Å². The quantitative estimate of drug-likeness (QED) is 0.516. The van der Waals surface area contributed by atoms with Crippen molar-refractivity contribution < 1.29 is 14.3 Å². The minimum absolute atomic E-state index is 0.0953. The Balaban J connectivity index is 1.81. The molecule has 0 radical (unpaired) electrons. The number of nitriles is 1. The molecule has 4 rings (SSSR count). The fourth-order valence-electron chi connectivity index (χ4n) is 3.84. The Morgan fingerprint density at radius 2 is 1.87 bits per heavy atom. The highest BCUT2D eigenvalue weighted by atomic mass is 16.5. The van der Waals surface area contributed by atoms with Gasteiger partial charge < -0.3 is 9.47 Å².